The molecular formula is C23H24N6O. The molecule has 7 nitrogen and oxygen atoms in total. The number of H-pyrrole nitrogens is 1. The van der Waals surface area contributed by atoms with Crippen LogP contribution in [0, 0.1) is 6.92 Å². The van der Waals surface area contributed by atoms with Crippen molar-refractivity contribution >= 4 is 28.4 Å². The summed E-state index contributed by atoms with van der Waals surface area (Å²) in [5.41, 5.74) is 5.80. The van der Waals surface area contributed by atoms with Crippen LogP contribution in [0.25, 0.3) is 11.2 Å². The van der Waals surface area contributed by atoms with Crippen LogP contribution in [-0.2, 0) is 6.42 Å². The Hall–Kier alpha value is -3.74. The van der Waals surface area contributed by atoms with Crippen molar-refractivity contribution in [3.8, 4) is 0 Å². The highest BCUT2D eigenvalue weighted by Gasteiger charge is 2.11. The number of hydrogen-bond acceptors (Lipinski definition) is 5. The number of benzene rings is 1. The summed E-state index contributed by atoms with van der Waals surface area (Å²) in [5.74, 6) is 0.749. The van der Waals surface area contributed by atoms with Crippen LogP contribution in [0.2, 0.25) is 0 Å². The van der Waals surface area contributed by atoms with Crippen molar-refractivity contribution in [2.24, 2.45) is 0 Å². The van der Waals surface area contributed by atoms with Crippen LogP contribution >= 0.6 is 0 Å². The Bertz CT molecular complexity index is 1200. The van der Waals surface area contributed by atoms with Crippen LogP contribution < -0.4 is 10.6 Å². The van der Waals surface area contributed by atoms with Crippen molar-refractivity contribution in [1.29, 1.82) is 0 Å². The molecule has 3 heterocycles. The van der Waals surface area contributed by atoms with Gasteiger partial charge < -0.3 is 15.6 Å². The minimum absolute atomic E-state index is 0.0197. The molecule has 7 heteroatoms. The van der Waals surface area contributed by atoms with Crippen LogP contribution in [0.5, 0.6) is 0 Å². The largest absolute Gasteiger partial charge is 0.377 e. The highest BCUT2D eigenvalue weighted by molar-refractivity contribution is 6.04. The van der Waals surface area contributed by atoms with Crippen molar-refractivity contribution in [3.05, 3.63) is 77.5 Å². The number of amides is 1. The standard InChI is InChI=1S/C23H24N6O/c1-4-21-28-20-10-19(13-25-22(20)29-21)26-15(3)16-6-5-7-18(9-16)27-23(30)17-8-14(2)11-24-12-17/h5-13,15,26H,4H2,1-3H3,(H,27,30)(H,25,28,29). The number of carbonyl (C=O) groups excluding carboxylic acids is 1. The lowest BCUT2D eigenvalue weighted by atomic mass is 10.1. The zero-order chi connectivity index (χ0) is 21.1. The molecule has 4 rings (SSSR count). The van der Waals surface area contributed by atoms with Gasteiger partial charge in [-0.15, -0.1) is 0 Å². The molecule has 0 aliphatic carbocycles. The van der Waals surface area contributed by atoms with Gasteiger partial charge in [0.2, 0.25) is 0 Å². The number of anilines is 2. The second-order valence-electron chi connectivity index (χ2n) is 7.33. The van der Waals surface area contributed by atoms with Crippen molar-refractivity contribution < 1.29 is 4.79 Å². The molecule has 4 aromatic rings. The third-order valence-corrected chi connectivity index (χ3v) is 4.89. The first-order chi connectivity index (χ1) is 14.5. The van der Waals surface area contributed by atoms with Crippen molar-refractivity contribution in [3.63, 3.8) is 0 Å². The maximum atomic E-state index is 12.5. The lowest BCUT2D eigenvalue weighted by molar-refractivity contribution is 0.102. The maximum absolute atomic E-state index is 12.5. The number of imidazole rings is 1. The molecule has 152 valence electrons. The van der Waals surface area contributed by atoms with Gasteiger partial charge in [-0.1, -0.05) is 19.1 Å². The predicted octanol–water partition coefficient (Wildman–Crippen LogP) is 4.65. The molecule has 3 N–H and O–H groups in total. The van der Waals surface area contributed by atoms with Crippen LogP contribution in [0.4, 0.5) is 11.4 Å². The molecule has 0 fully saturated rings. The van der Waals surface area contributed by atoms with Gasteiger partial charge in [0.05, 0.1) is 17.4 Å². The van der Waals surface area contributed by atoms with E-state index in [9.17, 15) is 4.79 Å². The van der Waals surface area contributed by atoms with Crippen molar-refractivity contribution in [2.45, 2.75) is 33.2 Å². The van der Waals surface area contributed by atoms with E-state index in [0.717, 1.165) is 45.9 Å². The van der Waals surface area contributed by atoms with E-state index in [1.54, 1.807) is 18.6 Å². The second-order valence-corrected chi connectivity index (χ2v) is 7.33. The van der Waals surface area contributed by atoms with E-state index in [1.165, 1.54) is 0 Å². The molecule has 0 spiro atoms. The number of carbonyl (C=O) groups is 1. The van der Waals surface area contributed by atoms with Gasteiger partial charge in [0, 0.05) is 30.5 Å². The third-order valence-electron chi connectivity index (χ3n) is 4.89. The van der Waals surface area contributed by atoms with E-state index in [0.29, 0.717) is 5.56 Å². The fourth-order valence-electron chi connectivity index (χ4n) is 3.29. The zero-order valence-corrected chi connectivity index (χ0v) is 17.2. The summed E-state index contributed by atoms with van der Waals surface area (Å²) in [6, 6.07) is 11.6. The van der Waals surface area contributed by atoms with Crippen LogP contribution in [0.3, 0.4) is 0 Å². The Labute approximate surface area is 175 Å². The third kappa shape index (κ3) is 4.30. The Kier molecular flexibility index (Phi) is 5.43. The van der Waals surface area contributed by atoms with Crippen LogP contribution in [0.1, 0.15) is 47.2 Å². The van der Waals surface area contributed by atoms with Crippen molar-refractivity contribution in [1.82, 2.24) is 19.9 Å². The summed E-state index contributed by atoms with van der Waals surface area (Å²) >= 11 is 0. The van der Waals surface area contributed by atoms with Gasteiger partial charge in [0.25, 0.3) is 5.91 Å². The minimum atomic E-state index is -0.177. The van der Waals surface area contributed by atoms with E-state index in [2.05, 4.69) is 44.4 Å². The predicted molar refractivity (Wildman–Crippen MR) is 119 cm³/mol. The van der Waals surface area contributed by atoms with Gasteiger partial charge >= 0.3 is 0 Å². The molecule has 1 atom stereocenters. The number of aryl methyl sites for hydroxylation is 2. The zero-order valence-electron chi connectivity index (χ0n) is 17.2. The van der Waals surface area contributed by atoms with Gasteiger partial charge in [0.1, 0.15) is 11.3 Å². The van der Waals surface area contributed by atoms with E-state index in [1.807, 2.05) is 43.3 Å². The number of fused-ring (bicyclic) bond motifs is 1. The number of pyridine rings is 2. The molecule has 0 radical (unpaired) electrons. The average molecular weight is 400 g/mol. The summed E-state index contributed by atoms with van der Waals surface area (Å²) in [6.45, 7) is 6.04. The van der Waals surface area contributed by atoms with Gasteiger partial charge in [-0.05, 0) is 49.2 Å². The van der Waals surface area contributed by atoms with Gasteiger partial charge in [0.15, 0.2) is 5.65 Å². The first-order valence-electron chi connectivity index (χ1n) is 9.96. The number of aromatic amines is 1. The quantitative estimate of drug-likeness (QED) is 0.438. The topological polar surface area (TPSA) is 95.6 Å². The Morgan fingerprint density at radius 2 is 2.00 bits per heavy atom. The Morgan fingerprint density at radius 3 is 2.80 bits per heavy atom. The number of nitrogens with zero attached hydrogens (tertiary/aromatic N) is 3. The first-order valence-corrected chi connectivity index (χ1v) is 9.96. The molecular weight excluding hydrogens is 376 g/mol. The van der Waals surface area contributed by atoms with Crippen LogP contribution in [-0.4, -0.2) is 25.8 Å². The molecule has 30 heavy (non-hydrogen) atoms. The van der Waals surface area contributed by atoms with E-state index < -0.39 is 0 Å². The van der Waals surface area contributed by atoms with E-state index in [-0.39, 0.29) is 11.9 Å². The highest BCUT2D eigenvalue weighted by Crippen LogP contribution is 2.23. The lowest BCUT2D eigenvalue weighted by Crippen LogP contribution is -2.13. The summed E-state index contributed by atoms with van der Waals surface area (Å²) in [5, 5.41) is 6.40. The molecule has 1 aromatic carbocycles. The first kappa shape index (κ1) is 19.6. The molecule has 1 unspecified atom stereocenters. The highest BCUT2D eigenvalue weighted by atomic mass is 16.1. The molecule has 1 amide bonds. The van der Waals surface area contributed by atoms with Crippen molar-refractivity contribution in [2.75, 3.05) is 10.6 Å². The number of rotatable bonds is 6. The van der Waals surface area contributed by atoms with Crippen LogP contribution in [0.15, 0.2) is 55.0 Å². The summed E-state index contributed by atoms with van der Waals surface area (Å²) < 4.78 is 0. The number of hydrogen-bond donors (Lipinski definition) is 3. The molecule has 3 aromatic heterocycles. The summed E-state index contributed by atoms with van der Waals surface area (Å²) in [6.07, 6.45) is 5.93. The minimum Gasteiger partial charge on any atom is -0.377 e. The second kappa shape index (κ2) is 8.32. The summed E-state index contributed by atoms with van der Waals surface area (Å²) in [4.78, 5) is 28.8. The number of aromatic nitrogens is 4. The lowest BCUT2D eigenvalue weighted by Gasteiger charge is -2.16. The monoisotopic (exact) mass is 400 g/mol. The molecule has 0 saturated heterocycles. The van der Waals surface area contributed by atoms with Gasteiger partial charge in [-0.2, -0.15) is 0 Å². The summed E-state index contributed by atoms with van der Waals surface area (Å²) in [7, 11) is 0. The maximum Gasteiger partial charge on any atom is 0.257 e. The average Bonchev–Trinajstić information content (AvgIpc) is 3.16. The fraction of sp³-hybridized carbons (Fsp3) is 0.217. The Morgan fingerprint density at radius 1 is 1.13 bits per heavy atom. The van der Waals surface area contributed by atoms with Gasteiger partial charge in [-0.25, -0.2) is 9.97 Å². The fourth-order valence-corrected chi connectivity index (χ4v) is 3.29. The van der Waals surface area contributed by atoms with Gasteiger partial charge in [-0.3, -0.25) is 9.78 Å². The molecule has 0 saturated carbocycles. The smallest absolute Gasteiger partial charge is 0.257 e. The molecule has 0 bridgehead atoms. The molecule has 0 aliphatic rings. The SMILES string of the molecule is CCc1nc2cc(NC(C)c3cccc(NC(=O)c4cncc(C)c4)c3)cnc2[nH]1. The van der Waals surface area contributed by atoms with E-state index in [4.69, 9.17) is 0 Å². The van der Waals surface area contributed by atoms with E-state index >= 15 is 0 Å². The Balaban J connectivity index is 1.48. The number of nitrogens with one attached hydrogen (secondary N) is 3. The molecule has 0 aliphatic heterocycles. The normalized spacial score (nSPS) is 12.0.